The van der Waals surface area contributed by atoms with Crippen LogP contribution in [-0.2, 0) is 11.4 Å². The first-order valence-corrected chi connectivity index (χ1v) is 7.23. The molecule has 1 aromatic carbocycles. The van der Waals surface area contributed by atoms with Gasteiger partial charge in [-0.2, -0.15) is 0 Å². The van der Waals surface area contributed by atoms with Gasteiger partial charge >= 0.3 is 5.97 Å². The summed E-state index contributed by atoms with van der Waals surface area (Å²) in [6.07, 6.45) is 2.70. The Balaban J connectivity index is 2.10. The van der Waals surface area contributed by atoms with Crippen molar-refractivity contribution in [2.45, 2.75) is 13.5 Å². The monoisotopic (exact) mass is 304 g/mol. The highest BCUT2D eigenvalue weighted by Gasteiger charge is 2.07. The fraction of sp³-hybridized carbons (Fsp3) is 0.188. The third-order valence-corrected chi connectivity index (χ3v) is 3.77. The average molecular weight is 304 g/mol. The van der Waals surface area contributed by atoms with E-state index in [2.05, 4.69) is 0 Å². The van der Waals surface area contributed by atoms with E-state index >= 15 is 0 Å². The number of carbonyl (C=O) groups is 1. The number of benzene rings is 1. The Labute approximate surface area is 127 Å². The summed E-state index contributed by atoms with van der Waals surface area (Å²) in [6.45, 7) is 2.36. The Hall–Kier alpha value is -2.27. The lowest BCUT2D eigenvalue weighted by Crippen LogP contribution is -1.97. The molecule has 2 rings (SSSR count). The number of rotatable bonds is 6. The van der Waals surface area contributed by atoms with Gasteiger partial charge in [0.05, 0.1) is 7.11 Å². The zero-order valence-corrected chi connectivity index (χ0v) is 12.6. The molecule has 110 valence electrons. The van der Waals surface area contributed by atoms with Gasteiger partial charge in [-0.25, -0.2) is 4.79 Å². The van der Waals surface area contributed by atoms with Gasteiger partial charge in [-0.1, -0.05) is 6.07 Å². The molecule has 0 unspecified atom stereocenters. The van der Waals surface area contributed by atoms with E-state index < -0.39 is 5.97 Å². The van der Waals surface area contributed by atoms with Gasteiger partial charge in [-0.05, 0) is 47.7 Å². The Morgan fingerprint density at radius 1 is 1.33 bits per heavy atom. The second kappa shape index (κ2) is 6.95. The van der Waals surface area contributed by atoms with E-state index in [0.29, 0.717) is 18.1 Å². The lowest BCUT2D eigenvalue weighted by Gasteiger charge is -2.11. The molecule has 2 aromatic rings. The minimum Gasteiger partial charge on any atom is -0.493 e. The van der Waals surface area contributed by atoms with Gasteiger partial charge in [-0.15, -0.1) is 11.3 Å². The predicted octanol–water partition coefficient (Wildman–Crippen LogP) is 3.74. The molecule has 0 saturated heterocycles. The van der Waals surface area contributed by atoms with Crippen LogP contribution in [0.1, 0.15) is 16.0 Å². The molecule has 0 aliphatic heterocycles. The van der Waals surface area contributed by atoms with Crippen molar-refractivity contribution in [3.63, 3.8) is 0 Å². The van der Waals surface area contributed by atoms with Gasteiger partial charge < -0.3 is 14.6 Å². The molecular weight excluding hydrogens is 288 g/mol. The maximum absolute atomic E-state index is 10.6. The molecular formula is C16H16O4S. The van der Waals surface area contributed by atoms with Crippen LogP contribution in [0.15, 0.2) is 35.7 Å². The van der Waals surface area contributed by atoms with Crippen LogP contribution in [0.4, 0.5) is 0 Å². The van der Waals surface area contributed by atoms with Crippen LogP contribution in [0.25, 0.3) is 6.08 Å². The molecule has 0 aliphatic rings. The minimum absolute atomic E-state index is 0.371. The molecule has 0 bridgehead atoms. The smallest absolute Gasteiger partial charge is 0.328 e. The molecule has 1 heterocycles. The number of methoxy groups -OCH3 is 1. The predicted molar refractivity (Wildman–Crippen MR) is 83.1 cm³/mol. The molecule has 5 heteroatoms. The van der Waals surface area contributed by atoms with E-state index in [0.717, 1.165) is 22.1 Å². The zero-order chi connectivity index (χ0) is 15.2. The van der Waals surface area contributed by atoms with Gasteiger partial charge in [-0.3, -0.25) is 0 Å². The van der Waals surface area contributed by atoms with Gasteiger partial charge in [0, 0.05) is 11.0 Å². The van der Waals surface area contributed by atoms with Crippen LogP contribution in [0.5, 0.6) is 11.5 Å². The van der Waals surface area contributed by atoms with Crippen molar-refractivity contribution in [1.82, 2.24) is 0 Å². The largest absolute Gasteiger partial charge is 0.493 e. The Bertz CT molecular complexity index is 658. The number of carboxylic acid groups (broad SMARTS) is 1. The first-order chi connectivity index (χ1) is 10.1. The number of thiophene rings is 1. The number of hydrogen-bond acceptors (Lipinski definition) is 4. The van der Waals surface area contributed by atoms with Crippen molar-refractivity contribution in [2.75, 3.05) is 7.11 Å². The summed E-state index contributed by atoms with van der Waals surface area (Å²) in [5, 5.41) is 10.6. The molecule has 1 N–H and O–H groups in total. The van der Waals surface area contributed by atoms with E-state index in [1.54, 1.807) is 13.2 Å². The van der Waals surface area contributed by atoms with Crippen LogP contribution in [0.3, 0.4) is 0 Å². The molecule has 1 aromatic heterocycles. The minimum atomic E-state index is -0.965. The van der Waals surface area contributed by atoms with E-state index in [1.807, 2.05) is 36.6 Å². The van der Waals surface area contributed by atoms with Crippen molar-refractivity contribution in [3.05, 3.63) is 51.7 Å². The van der Waals surface area contributed by atoms with Crippen molar-refractivity contribution < 1.29 is 19.4 Å². The summed E-state index contributed by atoms with van der Waals surface area (Å²) in [5.41, 5.74) is 1.95. The van der Waals surface area contributed by atoms with Crippen molar-refractivity contribution in [2.24, 2.45) is 0 Å². The maximum Gasteiger partial charge on any atom is 0.328 e. The van der Waals surface area contributed by atoms with E-state index in [1.165, 1.54) is 11.3 Å². The molecule has 0 aliphatic carbocycles. The second-order valence-electron chi connectivity index (χ2n) is 4.41. The SMILES string of the molecule is COc1cc(C)ccc1OCc1sccc1C=CC(=O)O. The summed E-state index contributed by atoms with van der Waals surface area (Å²) in [7, 11) is 1.60. The standard InChI is InChI=1S/C16H16O4S/c1-11-3-5-13(14(9-11)19-2)20-10-15-12(7-8-21-15)4-6-16(17)18/h3-9H,10H2,1-2H3,(H,17,18). The number of carboxylic acids is 1. The van der Waals surface area contributed by atoms with Crippen LogP contribution in [0, 0.1) is 6.92 Å². The third kappa shape index (κ3) is 4.10. The average Bonchev–Trinajstić information content (AvgIpc) is 2.91. The molecule has 21 heavy (non-hydrogen) atoms. The van der Waals surface area contributed by atoms with Crippen molar-refractivity contribution >= 4 is 23.4 Å². The Morgan fingerprint density at radius 3 is 2.86 bits per heavy atom. The Morgan fingerprint density at radius 2 is 2.14 bits per heavy atom. The van der Waals surface area contributed by atoms with Crippen LogP contribution < -0.4 is 9.47 Å². The van der Waals surface area contributed by atoms with Crippen molar-refractivity contribution in [3.8, 4) is 11.5 Å². The maximum atomic E-state index is 10.6. The summed E-state index contributed by atoms with van der Waals surface area (Å²) in [4.78, 5) is 11.5. The highest BCUT2D eigenvalue weighted by Crippen LogP contribution is 2.29. The lowest BCUT2D eigenvalue weighted by atomic mass is 10.2. The summed E-state index contributed by atoms with van der Waals surface area (Å²) in [5.74, 6) is 0.395. The van der Waals surface area contributed by atoms with Gasteiger partial charge in [0.1, 0.15) is 6.61 Å². The summed E-state index contributed by atoms with van der Waals surface area (Å²) >= 11 is 1.53. The van der Waals surface area contributed by atoms with Gasteiger partial charge in [0.15, 0.2) is 11.5 Å². The third-order valence-electron chi connectivity index (χ3n) is 2.86. The number of aliphatic carboxylic acids is 1. The zero-order valence-electron chi connectivity index (χ0n) is 11.8. The molecule has 4 nitrogen and oxygen atoms in total. The number of aryl methyl sites for hydroxylation is 1. The molecule has 0 spiro atoms. The van der Waals surface area contributed by atoms with Crippen molar-refractivity contribution in [1.29, 1.82) is 0 Å². The summed E-state index contributed by atoms with van der Waals surface area (Å²) in [6, 6.07) is 7.61. The summed E-state index contributed by atoms with van der Waals surface area (Å²) < 4.78 is 11.1. The molecule has 0 saturated carbocycles. The molecule has 0 radical (unpaired) electrons. The highest BCUT2D eigenvalue weighted by molar-refractivity contribution is 7.10. The van der Waals surface area contributed by atoms with Crippen LogP contribution in [-0.4, -0.2) is 18.2 Å². The molecule has 0 atom stereocenters. The van der Waals surface area contributed by atoms with Gasteiger partial charge in [0.2, 0.25) is 0 Å². The topological polar surface area (TPSA) is 55.8 Å². The first kappa shape index (κ1) is 15.1. The van der Waals surface area contributed by atoms with Crippen LogP contribution >= 0.6 is 11.3 Å². The van der Waals surface area contributed by atoms with E-state index in [9.17, 15) is 4.79 Å². The van der Waals surface area contributed by atoms with Gasteiger partial charge in [0.25, 0.3) is 0 Å². The lowest BCUT2D eigenvalue weighted by molar-refractivity contribution is -0.131. The molecule has 0 amide bonds. The molecule has 0 fully saturated rings. The quantitative estimate of drug-likeness (QED) is 0.826. The van der Waals surface area contributed by atoms with E-state index in [-0.39, 0.29) is 0 Å². The fourth-order valence-electron chi connectivity index (χ4n) is 1.81. The highest BCUT2D eigenvalue weighted by atomic mass is 32.1. The fourth-order valence-corrected chi connectivity index (χ4v) is 2.59. The normalized spacial score (nSPS) is 10.8. The first-order valence-electron chi connectivity index (χ1n) is 6.35. The number of ether oxygens (including phenoxy) is 2. The number of hydrogen-bond donors (Lipinski definition) is 1. The Kier molecular flexibility index (Phi) is 5.00. The van der Waals surface area contributed by atoms with E-state index in [4.69, 9.17) is 14.6 Å². The second-order valence-corrected chi connectivity index (χ2v) is 5.41. The van der Waals surface area contributed by atoms with Crippen LogP contribution in [0.2, 0.25) is 0 Å².